The van der Waals surface area contributed by atoms with E-state index in [-0.39, 0.29) is 51.7 Å². The molecule has 0 saturated heterocycles. The topological polar surface area (TPSA) is 9.86 Å². The van der Waals surface area contributed by atoms with Gasteiger partial charge in [0.1, 0.15) is 0 Å². The lowest BCUT2D eigenvalue weighted by Gasteiger charge is -2.35. The fourth-order valence-electron chi connectivity index (χ4n) is 9.89. The third-order valence-corrected chi connectivity index (χ3v) is 18.3. The second kappa shape index (κ2) is 14.7. The molecule has 0 bridgehead atoms. The maximum Gasteiger partial charge on any atom is 0.179 e. The van der Waals surface area contributed by atoms with Gasteiger partial charge < -0.3 is 9.13 Å². The molecule has 10 aromatic carbocycles. The second-order valence-electron chi connectivity index (χ2n) is 15.9. The molecule has 0 amide bonds. The van der Waals surface area contributed by atoms with Crippen molar-refractivity contribution in [3.8, 4) is 22.5 Å². The van der Waals surface area contributed by atoms with Gasteiger partial charge in [-0.15, -0.1) is 11.3 Å². The van der Waals surface area contributed by atoms with E-state index < -0.39 is 56.4 Å². The number of aromatic nitrogens is 2. The number of rotatable bonds is 7. The first-order chi connectivity index (χ1) is 36.8. The molecule has 0 atom stereocenters. The maximum absolute atomic E-state index is 10.9. The summed E-state index contributed by atoms with van der Waals surface area (Å²) in [6.07, 6.45) is 0. The van der Waals surface area contributed by atoms with Gasteiger partial charge in [-0.1, -0.05) is 200 Å². The zero-order chi connectivity index (χ0) is 52.6. The lowest BCUT2D eigenvalue weighted by atomic mass is 10.1. The molecule has 0 unspecified atom stereocenters. The van der Waals surface area contributed by atoms with E-state index in [2.05, 4.69) is 30.3 Å². The van der Waals surface area contributed by atoms with Crippen LogP contribution in [-0.4, -0.2) is 17.2 Å². The Morgan fingerprint density at radius 1 is 0.406 bits per heavy atom. The highest BCUT2D eigenvalue weighted by molar-refractivity contribution is 7.26. The van der Waals surface area contributed by atoms with Gasteiger partial charge in [-0.3, -0.25) is 0 Å². The van der Waals surface area contributed by atoms with Crippen LogP contribution in [-0.2, 0) is 0 Å². The molecule has 0 radical (unpaired) electrons. The molecule has 0 fully saturated rings. The lowest BCUT2D eigenvalue weighted by molar-refractivity contribution is 1.18. The minimum Gasteiger partial charge on any atom is -0.309 e. The van der Waals surface area contributed by atoms with Crippen LogP contribution in [0.3, 0.4) is 0 Å². The molecule has 0 aliphatic carbocycles. The van der Waals surface area contributed by atoms with Crippen LogP contribution in [0.4, 0.5) is 0 Å². The highest BCUT2D eigenvalue weighted by Gasteiger charge is 2.42. The summed E-state index contributed by atoms with van der Waals surface area (Å²) in [5, 5.41) is 5.68. The van der Waals surface area contributed by atoms with E-state index in [4.69, 9.17) is 5.48 Å². The number of hydrogen-bond donors (Lipinski definition) is 0. The molecular formula is C60H40N2SSi. The monoisotopic (exact) mass is 860 g/mol. The first-order valence-electron chi connectivity index (χ1n) is 27.0. The van der Waals surface area contributed by atoms with Crippen LogP contribution >= 0.6 is 11.3 Å². The SMILES string of the molecule is [2H]c1c([2H])c(-n2c3ccccc3c3cc(-n4c5c([2H])c([2H])c([2H])c([2H])c5c5c([2H])c([2H])c([2H])c([2H])c54)c4sc5ccccc5c4c32)c([2H])c([Si](c2ccccc2)(c2ccccc2)c2cccc(-c3ccccc3)c2)c1[2H]. The van der Waals surface area contributed by atoms with Gasteiger partial charge in [-0.25, -0.2) is 0 Å². The van der Waals surface area contributed by atoms with Crippen molar-refractivity contribution in [2.24, 2.45) is 0 Å². The Balaban J connectivity index is 1.23. The molecule has 4 heteroatoms. The summed E-state index contributed by atoms with van der Waals surface area (Å²) >= 11 is 1.41. The predicted molar refractivity (Wildman–Crippen MR) is 277 cm³/mol. The number of benzene rings is 10. The standard InChI is InChI=1S/C60H40N2SSi/c1-4-20-41(21-5-1)42-22-18-28-46(38-42)64(44-24-6-2-7-25-44,45-26-8-3-9-27-45)47-29-19-23-43(39-47)61-53-34-14-12-32-50(53)52-40-56(60-58(59(52)61)51-33-13-17-37-57(51)63-60)62-54-35-15-10-30-48(54)49-31-11-16-36-55(49)62/h1-40H/i10D,11D,15D,16D,19D,23D,29D,30D,31D,35D,36D,39D. The molecule has 2 nitrogen and oxygen atoms in total. The van der Waals surface area contributed by atoms with E-state index in [0.29, 0.717) is 42.8 Å². The van der Waals surface area contributed by atoms with Crippen LogP contribution in [0.25, 0.3) is 86.3 Å². The fraction of sp³-hybridized carbons (Fsp3) is 0. The van der Waals surface area contributed by atoms with Crippen LogP contribution in [0.2, 0.25) is 0 Å². The number of nitrogens with zero attached hydrogens (tertiary/aromatic N) is 2. The highest BCUT2D eigenvalue weighted by atomic mass is 32.1. The molecule has 0 aliphatic heterocycles. The van der Waals surface area contributed by atoms with Gasteiger partial charge in [0.15, 0.2) is 8.07 Å². The summed E-state index contributed by atoms with van der Waals surface area (Å²) < 4.78 is 118. The average Bonchev–Trinajstić information content (AvgIpc) is 4.28. The minimum atomic E-state index is -3.82. The maximum atomic E-state index is 10.9. The summed E-state index contributed by atoms with van der Waals surface area (Å²) in [4.78, 5) is 0. The van der Waals surface area contributed by atoms with Crippen molar-refractivity contribution in [3.63, 3.8) is 0 Å². The van der Waals surface area contributed by atoms with Gasteiger partial charge in [0.05, 0.1) is 48.9 Å². The molecule has 300 valence electrons. The van der Waals surface area contributed by atoms with Crippen molar-refractivity contribution in [2.45, 2.75) is 0 Å². The van der Waals surface area contributed by atoms with Gasteiger partial charge in [0.25, 0.3) is 0 Å². The van der Waals surface area contributed by atoms with Crippen molar-refractivity contribution in [2.75, 3.05) is 0 Å². The summed E-state index contributed by atoms with van der Waals surface area (Å²) in [6, 6.07) is 50.8. The second-order valence-corrected chi connectivity index (χ2v) is 20.7. The molecule has 0 aliphatic rings. The lowest BCUT2D eigenvalue weighted by Crippen LogP contribution is -2.74. The van der Waals surface area contributed by atoms with Crippen LogP contribution in [0.15, 0.2) is 242 Å². The number of thiophene rings is 1. The largest absolute Gasteiger partial charge is 0.309 e. The number of hydrogen-bond acceptors (Lipinski definition) is 1. The van der Waals surface area contributed by atoms with Gasteiger partial charge in [0.2, 0.25) is 0 Å². The van der Waals surface area contributed by atoms with Crippen molar-refractivity contribution in [1.29, 1.82) is 0 Å². The Bertz CT molecular complexity index is 4500. The van der Waals surface area contributed by atoms with Crippen molar-refractivity contribution in [3.05, 3.63) is 242 Å². The third-order valence-electron chi connectivity index (χ3n) is 12.6. The molecule has 3 aromatic heterocycles. The van der Waals surface area contributed by atoms with Gasteiger partial charge in [-0.05, 0) is 74.2 Å². The van der Waals surface area contributed by atoms with Crippen LogP contribution in [0, 0.1) is 0 Å². The van der Waals surface area contributed by atoms with Gasteiger partial charge in [0, 0.05) is 42.7 Å². The summed E-state index contributed by atoms with van der Waals surface area (Å²) in [5.74, 6) is 0. The molecule has 3 heterocycles. The molecule has 0 N–H and O–H groups in total. The molecule has 0 spiro atoms. The average molecular weight is 861 g/mol. The summed E-state index contributed by atoms with van der Waals surface area (Å²) in [7, 11) is -3.82. The molecule has 13 aromatic rings. The zero-order valence-electron chi connectivity index (χ0n) is 46.0. The number of fused-ring (bicyclic) bond motifs is 10. The van der Waals surface area contributed by atoms with E-state index in [1.165, 1.54) is 11.3 Å². The van der Waals surface area contributed by atoms with Crippen LogP contribution in [0.5, 0.6) is 0 Å². The van der Waals surface area contributed by atoms with E-state index in [1.807, 2.05) is 144 Å². The Labute approximate surface area is 393 Å². The van der Waals surface area contributed by atoms with Gasteiger partial charge in [-0.2, -0.15) is 0 Å². The quantitative estimate of drug-likeness (QED) is 0.112. The molecule has 64 heavy (non-hydrogen) atoms. The van der Waals surface area contributed by atoms with Crippen LogP contribution < -0.4 is 20.7 Å². The zero-order valence-corrected chi connectivity index (χ0v) is 35.8. The van der Waals surface area contributed by atoms with E-state index in [9.17, 15) is 11.0 Å². The van der Waals surface area contributed by atoms with Crippen LogP contribution in [0.1, 0.15) is 16.4 Å². The molecule has 13 rings (SSSR count). The minimum absolute atomic E-state index is 0.00860. The van der Waals surface area contributed by atoms with Crippen molar-refractivity contribution in [1.82, 2.24) is 9.13 Å². The highest BCUT2D eigenvalue weighted by Crippen LogP contribution is 2.47. The van der Waals surface area contributed by atoms with Crippen molar-refractivity contribution < 1.29 is 16.4 Å². The third kappa shape index (κ3) is 5.43. The predicted octanol–water partition coefficient (Wildman–Crippen LogP) is 13.3. The van der Waals surface area contributed by atoms with Gasteiger partial charge >= 0.3 is 0 Å². The molecule has 0 saturated carbocycles. The fourth-order valence-corrected chi connectivity index (χ4v) is 15.6. The Morgan fingerprint density at radius 2 is 1.00 bits per heavy atom. The Kier molecular flexibility index (Phi) is 6.11. The first-order valence-corrected chi connectivity index (χ1v) is 23.9. The summed E-state index contributed by atoms with van der Waals surface area (Å²) in [6.45, 7) is 0. The normalized spacial score (nSPS) is 14.7. The Hall–Kier alpha value is -7.76. The van der Waals surface area contributed by atoms with E-state index in [1.54, 1.807) is 4.57 Å². The first kappa shape index (κ1) is 26.7. The van der Waals surface area contributed by atoms with Crippen molar-refractivity contribution >= 4 is 104 Å². The smallest absolute Gasteiger partial charge is 0.179 e. The van der Waals surface area contributed by atoms with E-state index in [0.717, 1.165) is 36.8 Å². The number of para-hydroxylation sites is 3. The Morgan fingerprint density at radius 3 is 1.72 bits per heavy atom. The molecular weight excluding hydrogens is 809 g/mol. The summed E-state index contributed by atoms with van der Waals surface area (Å²) in [5.41, 5.74) is 3.62. The van der Waals surface area contributed by atoms with E-state index >= 15 is 0 Å².